The Morgan fingerprint density at radius 1 is 1.71 bits per heavy atom. The molecule has 0 amide bonds. The monoisotopic (exact) mass is 254 g/mol. The highest BCUT2D eigenvalue weighted by Gasteiger charge is 2.28. The molecule has 17 heavy (non-hydrogen) atoms. The van der Waals surface area contributed by atoms with Crippen molar-refractivity contribution in [3.8, 4) is 0 Å². The van der Waals surface area contributed by atoms with Crippen molar-refractivity contribution in [2.45, 2.75) is 32.7 Å². The number of hydrogen-bond acceptors (Lipinski definition) is 5. The second-order valence-electron chi connectivity index (χ2n) is 4.33. The lowest BCUT2D eigenvalue weighted by molar-refractivity contribution is -0.146. The fourth-order valence-corrected chi connectivity index (χ4v) is 2.29. The third-order valence-electron chi connectivity index (χ3n) is 2.76. The van der Waals surface area contributed by atoms with E-state index in [0.717, 1.165) is 23.2 Å². The molecule has 94 valence electrons. The first-order valence-electron chi connectivity index (χ1n) is 6.02. The van der Waals surface area contributed by atoms with Crippen molar-refractivity contribution in [2.75, 3.05) is 13.2 Å². The van der Waals surface area contributed by atoms with E-state index in [4.69, 9.17) is 4.74 Å². The van der Waals surface area contributed by atoms with E-state index in [2.05, 4.69) is 10.3 Å². The van der Waals surface area contributed by atoms with E-state index in [0.29, 0.717) is 6.61 Å². The molecule has 0 radical (unpaired) electrons. The first-order chi connectivity index (χ1) is 8.20. The van der Waals surface area contributed by atoms with E-state index in [1.807, 2.05) is 19.2 Å². The standard InChI is InChI=1S/C12H18N2O2S/c1-3-16-12(15)11(13-6-9-4-5-9)10-7-17-8(2)14-10/h7,9,11,13H,3-6H2,1-2H3. The van der Waals surface area contributed by atoms with Crippen molar-refractivity contribution in [3.63, 3.8) is 0 Å². The zero-order valence-corrected chi connectivity index (χ0v) is 11.0. The summed E-state index contributed by atoms with van der Waals surface area (Å²) in [6.45, 7) is 5.04. The maximum absolute atomic E-state index is 11.9. The maximum atomic E-state index is 11.9. The Morgan fingerprint density at radius 3 is 3.00 bits per heavy atom. The van der Waals surface area contributed by atoms with Gasteiger partial charge in [-0.1, -0.05) is 0 Å². The number of aryl methyl sites for hydroxylation is 1. The highest BCUT2D eigenvalue weighted by Crippen LogP contribution is 2.29. The van der Waals surface area contributed by atoms with Crippen LogP contribution in [0.3, 0.4) is 0 Å². The predicted octanol–water partition coefficient (Wildman–Crippen LogP) is 2.06. The lowest BCUT2D eigenvalue weighted by Gasteiger charge is -2.15. The minimum Gasteiger partial charge on any atom is -0.465 e. The van der Waals surface area contributed by atoms with E-state index >= 15 is 0 Å². The summed E-state index contributed by atoms with van der Waals surface area (Å²) in [5.41, 5.74) is 0.784. The molecule has 0 saturated heterocycles. The van der Waals surface area contributed by atoms with Gasteiger partial charge in [-0.05, 0) is 39.2 Å². The Hall–Kier alpha value is -0.940. The van der Waals surface area contributed by atoms with Gasteiger partial charge in [0.25, 0.3) is 0 Å². The van der Waals surface area contributed by atoms with E-state index in [1.54, 1.807) is 11.3 Å². The number of thiazole rings is 1. The zero-order valence-electron chi connectivity index (χ0n) is 10.2. The Labute approximate surface area is 105 Å². The third kappa shape index (κ3) is 3.51. The molecule has 0 aromatic carbocycles. The number of nitrogens with zero attached hydrogens (tertiary/aromatic N) is 1. The molecule has 2 rings (SSSR count). The maximum Gasteiger partial charge on any atom is 0.329 e. The molecule has 1 saturated carbocycles. The summed E-state index contributed by atoms with van der Waals surface area (Å²) in [6.07, 6.45) is 2.53. The van der Waals surface area contributed by atoms with Gasteiger partial charge in [0.15, 0.2) is 0 Å². The minimum absolute atomic E-state index is 0.224. The van der Waals surface area contributed by atoms with E-state index in [-0.39, 0.29) is 5.97 Å². The van der Waals surface area contributed by atoms with Crippen molar-refractivity contribution < 1.29 is 9.53 Å². The fraction of sp³-hybridized carbons (Fsp3) is 0.667. The SMILES string of the molecule is CCOC(=O)C(NCC1CC1)c1csc(C)n1. The Bertz CT molecular complexity index is 388. The minimum atomic E-state index is -0.402. The van der Waals surface area contributed by atoms with Crippen molar-refractivity contribution in [1.29, 1.82) is 0 Å². The molecule has 1 unspecified atom stereocenters. The largest absolute Gasteiger partial charge is 0.465 e. The summed E-state index contributed by atoms with van der Waals surface area (Å²) >= 11 is 1.56. The number of carbonyl (C=O) groups is 1. The van der Waals surface area contributed by atoms with Crippen LogP contribution < -0.4 is 5.32 Å². The molecule has 4 nitrogen and oxygen atoms in total. The Balaban J connectivity index is 2.01. The van der Waals surface area contributed by atoms with Gasteiger partial charge in [0.2, 0.25) is 0 Å². The molecule has 0 spiro atoms. The van der Waals surface area contributed by atoms with Gasteiger partial charge in [-0.2, -0.15) is 0 Å². The van der Waals surface area contributed by atoms with Crippen LogP contribution in [0.1, 0.15) is 36.5 Å². The highest BCUT2D eigenvalue weighted by molar-refractivity contribution is 7.09. The summed E-state index contributed by atoms with van der Waals surface area (Å²) < 4.78 is 5.08. The van der Waals surface area contributed by atoms with Crippen molar-refractivity contribution in [3.05, 3.63) is 16.1 Å². The summed E-state index contributed by atoms with van der Waals surface area (Å²) in [5.74, 6) is 0.505. The molecule has 1 fully saturated rings. The predicted molar refractivity (Wildman–Crippen MR) is 67.0 cm³/mol. The van der Waals surface area contributed by atoms with Crippen LogP contribution in [-0.2, 0) is 9.53 Å². The normalized spacial score (nSPS) is 16.8. The number of carbonyl (C=O) groups excluding carboxylic acids is 1. The van der Waals surface area contributed by atoms with Crippen molar-refractivity contribution in [2.24, 2.45) is 5.92 Å². The van der Waals surface area contributed by atoms with Crippen molar-refractivity contribution >= 4 is 17.3 Å². The van der Waals surface area contributed by atoms with Crippen LogP contribution in [-0.4, -0.2) is 24.1 Å². The van der Waals surface area contributed by atoms with Crippen LogP contribution in [0.4, 0.5) is 0 Å². The van der Waals surface area contributed by atoms with Crippen LogP contribution in [0.25, 0.3) is 0 Å². The smallest absolute Gasteiger partial charge is 0.329 e. The Morgan fingerprint density at radius 2 is 2.47 bits per heavy atom. The molecular formula is C12H18N2O2S. The molecule has 0 bridgehead atoms. The lowest BCUT2D eigenvalue weighted by Crippen LogP contribution is -2.32. The number of aromatic nitrogens is 1. The van der Waals surface area contributed by atoms with E-state index in [1.165, 1.54) is 12.8 Å². The van der Waals surface area contributed by atoms with Gasteiger partial charge in [-0.3, -0.25) is 5.32 Å². The molecule has 0 aliphatic heterocycles. The molecule has 5 heteroatoms. The summed E-state index contributed by atoms with van der Waals surface area (Å²) in [5, 5.41) is 6.17. The second-order valence-corrected chi connectivity index (χ2v) is 5.39. The number of rotatable bonds is 6. The zero-order chi connectivity index (χ0) is 12.3. The molecule has 1 aromatic rings. The molecule has 1 atom stereocenters. The van der Waals surface area contributed by atoms with Gasteiger partial charge in [-0.25, -0.2) is 9.78 Å². The molecular weight excluding hydrogens is 236 g/mol. The summed E-state index contributed by atoms with van der Waals surface area (Å²) in [7, 11) is 0. The molecule has 1 heterocycles. The van der Waals surface area contributed by atoms with Gasteiger partial charge >= 0.3 is 5.97 Å². The van der Waals surface area contributed by atoms with Crippen LogP contribution in [0.15, 0.2) is 5.38 Å². The average molecular weight is 254 g/mol. The molecule has 1 aliphatic carbocycles. The number of esters is 1. The van der Waals surface area contributed by atoms with Crippen LogP contribution in [0.2, 0.25) is 0 Å². The first-order valence-corrected chi connectivity index (χ1v) is 6.90. The van der Waals surface area contributed by atoms with Gasteiger partial charge in [0, 0.05) is 5.38 Å². The van der Waals surface area contributed by atoms with Gasteiger partial charge < -0.3 is 4.74 Å². The van der Waals surface area contributed by atoms with Crippen molar-refractivity contribution in [1.82, 2.24) is 10.3 Å². The molecule has 1 N–H and O–H groups in total. The van der Waals surface area contributed by atoms with Crippen LogP contribution >= 0.6 is 11.3 Å². The molecule has 1 aromatic heterocycles. The third-order valence-corrected chi connectivity index (χ3v) is 3.55. The van der Waals surface area contributed by atoms with E-state index < -0.39 is 6.04 Å². The van der Waals surface area contributed by atoms with Crippen LogP contribution in [0.5, 0.6) is 0 Å². The van der Waals surface area contributed by atoms with Gasteiger partial charge in [0.05, 0.1) is 17.3 Å². The topological polar surface area (TPSA) is 51.2 Å². The number of nitrogens with one attached hydrogen (secondary N) is 1. The molecule has 1 aliphatic rings. The lowest BCUT2D eigenvalue weighted by atomic mass is 10.2. The quantitative estimate of drug-likeness (QED) is 0.789. The summed E-state index contributed by atoms with van der Waals surface area (Å²) in [6, 6.07) is -0.402. The second kappa shape index (κ2) is 5.60. The van der Waals surface area contributed by atoms with Gasteiger partial charge in [-0.15, -0.1) is 11.3 Å². The highest BCUT2D eigenvalue weighted by atomic mass is 32.1. The first kappa shape index (κ1) is 12.5. The Kier molecular flexibility index (Phi) is 4.12. The number of hydrogen-bond donors (Lipinski definition) is 1. The van der Waals surface area contributed by atoms with Gasteiger partial charge in [0.1, 0.15) is 6.04 Å². The number of ether oxygens (including phenoxy) is 1. The average Bonchev–Trinajstić information content (AvgIpc) is 3.02. The van der Waals surface area contributed by atoms with E-state index in [9.17, 15) is 4.79 Å². The fourth-order valence-electron chi connectivity index (χ4n) is 1.65. The summed E-state index contributed by atoms with van der Waals surface area (Å²) in [4.78, 5) is 16.2. The van der Waals surface area contributed by atoms with Crippen LogP contribution in [0, 0.1) is 12.8 Å².